The van der Waals surface area contributed by atoms with Crippen LogP contribution in [-0.2, 0) is 4.74 Å². The number of nitrogens with one attached hydrogen (secondary N) is 1. The minimum absolute atomic E-state index is 0.0509. The number of aliphatic hydroxyl groups excluding tert-OH is 1. The van der Waals surface area contributed by atoms with Crippen molar-refractivity contribution < 1.29 is 9.84 Å². The molecule has 2 rings (SSSR count). The lowest BCUT2D eigenvalue weighted by Gasteiger charge is -2.37. The largest absolute Gasteiger partial charge is 0.394 e. The minimum atomic E-state index is -0.0509. The van der Waals surface area contributed by atoms with E-state index in [4.69, 9.17) is 4.74 Å². The molecule has 1 aliphatic heterocycles. The summed E-state index contributed by atoms with van der Waals surface area (Å²) in [5.74, 6) is 0. The molecule has 0 amide bonds. The third-order valence-electron chi connectivity index (χ3n) is 4.69. The van der Waals surface area contributed by atoms with Crippen molar-refractivity contribution in [3.05, 3.63) is 0 Å². The van der Waals surface area contributed by atoms with Crippen LogP contribution < -0.4 is 5.32 Å². The Bertz CT molecular complexity index is 280. The molecular formula is C16H32N2O2. The minimum Gasteiger partial charge on any atom is -0.394 e. The highest BCUT2D eigenvalue weighted by atomic mass is 16.5. The third-order valence-corrected chi connectivity index (χ3v) is 4.69. The molecule has 1 saturated heterocycles. The first-order chi connectivity index (χ1) is 9.57. The van der Waals surface area contributed by atoms with E-state index >= 15 is 0 Å². The Morgan fingerprint density at radius 2 is 1.90 bits per heavy atom. The van der Waals surface area contributed by atoms with Gasteiger partial charge in [-0.15, -0.1) is 0 Å². The lowest BCUT2D eigenvalue weighted by atomic mass is 9.90. The Labute approximate surface area is 123 Å². The lowest BCUT2D eigenvalue weighted by molar-refractivity contribution is -0.0686. The standard InChI is InChI=1S/C16H32N2O2/c1-4-16(12-19,17-15-6-7-15)8-5-9-18-10-13(2)20-14(3)11-18/h13-15,17,19H,4-12H2,1-3H3. The van der Waals surface area contributed by atoms with Crippen LogP contribution in [0.1, 0.15) is 52.9 Å². The zero-order valence-electron chi connectivity index (χ0n) is 13.4. The molecule has 4 heteroatoms. The molecular weight excluding hydrogens is 252 g/mol. The van der Waals surface area contributed by atoms with Crippen LogP contribution in [0, 0.1) is 0 Å². The van der Waals surface area contributed by atoms with E-state index in [9.17, 15) is 5.11 Å². The Morgan fingerprint density at radius 3 is 2.40 bits per heavy atom. The lowest BCUT2D eigenvalue weighted by Crippen LogP contribution is -2.50. The molecule has 0 spiro atoms. The average Bonchev–Trinajstić information content (AvgIpc) is 3.20. The van der Waals surface area contributed by atoms with E-state index in [2.05, 4.69) is 31.0 Å². The number of aliphatic hydroxyl groups is 1. The summed E-state index contributed by atoms with van der Waals surface area (Å²) in [5.41, 5.74) is -0.0509. The van der Waals surface area contributed by atoms with Crippen molar-refractivity contribution in [2.24, 2.45) is 0 Å². The van der Waals surface area contributed by atoms with Crippen molar-refractivity contribution in [2.45, 2.75) is 76.7 Å². The molecule has 1 saturated carbocycles. The Hall–Kier alpha value is -0.160. The summed E-state index contributed by atoms with van der Waals surface area (Å²) in [6.45, 7) is 9.95. The van der Waals surface area contributed by atoms with E-state index in [0.717, 1.165) is 38.9 Å². The molecule has 0 aromatic heterocycles. The van der Waals surface area contributed by atoms with Gasteiger partial charge in [0.05, 0.1) is 18.8 Å². The van der Waals surface area contributed by atoms with Crippen LogP contribution >= 0.6 is 0 Å². The molecule has 4 nitrogen and oxygen atoms in total. The quantitative estimate of drug-likeness (QED) is 0.713. The fourth-order valence-electron chi connectivity index (χ4n) is 3.36. The Balaban J connectivity index is 1.74. The fraction of sp³-hybridized carbons (Fsp3) is 1.00. The molecule has 0 radical (unpaired) electrons. The van der Waals surface area contributed by atoms with Gasteiger partial charge in [-0.1, -0.05) is 6.92 Å². The summed E-state index contributed by atoms with van der Waals surface area (Å²) in [6, 6.07) is 0.658. The highest BCUT2D eigenvalue weighted by Crippen LogP contribution is 2.27. The summed E-state index contributed by atoms with van der Waals surface area (Å²) in [7, 11) is 0. The van der Waals surface area contributed by atoms with E-state index in [-0.39, 0.29) is 12.1 Å². The molecule has 0 aromatic rings. The van der Waals surface area contributed by atoms with Gasteiger partial charge in [-0.25, -0.2) is 0 Å². The SMILES string of the molecule is CCC(CO)(CCCN1CC(C)OC(C)C1)NC1CC1. The van der Waals surface area contributed by atoms with Gasteiger partial charge in [-0.05, 0) is 52.5 Å². The number of nitrogens with zero attached hydrogens (tertiary/aromatic N) is 1. The second-order valence-corrected chi connectivity index (χ2v) is 6.83. The molecule has 20 heavy (non-hydrogen) atoms. The van der Waals surface area contributed by atoms with Crippen LogP contribution in [0.15, 0.2) is 0 Å². The van der Waals surface area contributed by atoms with Gasteiger partial charge in [0.25, 0.3) is 0 Å². The predicted octanol–water partition coefficient (Wildman–Crippen LogP) is 1.77. The van der Waals surface area contributed by atoms with Gasteiger partial charge in [0.1, 0.15) is 0 Å². The smallest absolute Gasteiger partial charge is 0.0678 e. The van der Waals surface area contributed by atoms with Crippen LogP contribution in [0.4, 0.5) is 0 Å². The first-order valence-electron chi connectivity index (χ1n) is 8.33. The Morgan fingerprint density at radius 1 is 1.25 bits per heavy atom. The van der Waals surface area contributed by atoms with Gasteiger partial charge in [-0.2, -0.15) is 0 Å². The molecule has 2 fully saturated rings. The molecule has 3 atom stereocenters. The predicted molar refractivity (Wildman–Crippen MR) is 81.9 cm³/mol. The van der Waals surface area contributed by atoms with Crippen LogP contribution in [0.3, 0.4) is 0 Å². The fourth-order valence-corrected chi connectivity index (χ4v) is 3.36. The summed E-state index contributed by atoms with van der Waals surface area (Å²) in [5, 5.41) is 13.4. The van der Waals surface area contributed by atoms with Gasteiger partial charge in [0.15, 0.2) is 0 Å². The van der Waals surface area contributed by atoms with Crippen molar-refractivity contribution in [3.63, 3.8) is 0 Å². The highest BCUT2D eigenvalue weighted by molar-refractivity contribution is 4.94. The first kappa shape index (κ1) is 16.2. The molecule has 1 aliphatic carbocycles. The summed E-state index contributed by atoms with van der Waals surface area (Å²) >= 11 is 0. The maximum Gasteiger partial charge on any atom is 0.0678 e. The van der Waals surface area contributed by atoms with E-state index in [0.29, 0.717) is 18.2 Å². The summed E-state index contributed by atoms with van der Waals surface area (Å²) in [4.78, 5) is 2.51. The second kappa shape index (κ2) is 7.21. The number of hydrogen-bond acceptors (Lipinski definition) is 4. The van der Waals surface area contributed by atoms with Crippen LogP contribution in [-0.4, -0.2) is 60.0 Å². The van der Waals surface area contributed by atoms with Crippen LogP contribution in [0.25, 0.3) is 0 Å². The molecule has 2 N–H and O–H groups in total. The average molecular weight is 284 g/mol. The highest BCUT2D eigenvalue weighted by Gasteiger charge is 2.34. The third kappa shape index (κ3) is 4.69. The summed E-state index contributed by atoms with van der Waals surface area (Å²) in [6.07, 6.45) is 6.47. The van der Waals surface area contributed by atoms with Gasteiger partial charge in [0.2, 0.25) is 0 Å². The van der Waals surface area contributed by atoms with Crippen molar-refractivity contribution in [2.75, 3.05) is 26.2 Å². The van der Waals surface area contributed by atoms with E-state index in [1.54, 1.807) is 0 Å². The molecule has 0 bridgehead atoms. The Kier molecular flexibility index (Phi) is 5.84. The van der Waals surface area contributed by atoms with Crippen LogP contribution in [0.2, 0.25) is 0 Å². The van der Waals surface area contributed by atoms with Gasteiger partial charge in [-0.3, -0.25) is 4.90 Å². The van der Waals surface area contributed by atoms with Crippen molar-refractivity contribution in [1.29, 1.82) is 0 Å². The molecule has 2 aliphatic rings. The van der Waals surface area contributed by atoms with Crippen LogP contribution in [0.5, 0.6) is 0 Å². The second-order valence-electron chi connectivity index (χ2n) is 6.83. The maximum atomic E-state index is 9.78. The monoisotopic (exact) mass is 284 g/mol. The van der Waals surface area contributed by atoms with E-state index < -0.39 is 0 Å². The number of rotatable bonds is 8. The number of ether oxygens (including phenoxy) is 1. The first-order valence-corrected chi connectivity index (χ1v) is 8.33. The normalized spacial score (nSPS) is 31.2. The molecule has 3 unspecified atom stereocenters. The van der Waals surface area contributed by atoms with Crippen molar-refractivity contribution in [1.82, 2.24) is 10.2 Å². The zero-order chi connectivity index (χ0) is 14.6. The molecule has 0 aromatic carbocycles. The van der Waals surface area contributed by atoms with Gasteiger partial charge in [0, 0.05) is 24.7 Å². The number of hydrogen-bond donors (Lipinski definition) is 2. The summed E-state index contributed by atoms with van der Waals surface area (Å²) < 4.78 is 5.77. The van der Waals surface area contributed by atoms with Crippen molar-refractivity contribution in [3.8, 4) is 0 Å². The van der Waals surface area contributed by atoms with Gasteiger partial charge < -0.3 is 15.2 Å². The molecule has 118 valence electrons. The molecule has 1 heterocycles. The van der Waals surface area contributed by atoms with Crippen molar-refractivity contribution >= 4 is 0 Å². The zero-order valence-corrected chi connectivity index (χ0v) is 13.4. The van der Waals surface area contributed by atoms with Gasteiger partial charge >= 0.3 is 0 Å². The topological polar surface area (TPSA) is 44.7 Å². The van der Waals surface area contributed by atoms with E-state index in [1.165, 1.54) is 12.8 Å². The van der Waals surface area contributed by atoms with E-state index in [1.807, 2.05) is 0 Å². The number of morpholine rings is 1. The maximum absolute atomic E-state index is 9.78.